The summed E-state index contributed by atoms with van der Waals surface area (Å²) in [6.07, 6.45) is 2.75. The van der Waals surface area contributed by atoms with E-state index < -0.39 is 17.7 Å². The molecule has 7 heteroatoms. The molecule has 35 heavy (non-hydrogen) atoms. The lowest BCUT2D eigenvalue weighted by atomic mass is 9.64. The van der Waals surface area contributed by atoms with E-state index in [9.17, 15) is 9.59 Å². The molecule has 0 radical (unpaired) electrons. The number of fused-ring (bicyclic) bond motifs is 2. The number of carbonyl (C=O) groups is 2. The molecule has 3 fully saturated rings. The zero-order chi connectivity index (χ0) is 25.2. The van der Waals surface area contributed by atoms with Crippen LogP contribution in [0.5, 0.6) is 0 Å². The summed E-state index contributed by atoms with van der Waals surface area (Å²) in [5, 5.41) is 0. The summed E-state index contributed by atoms with van der Waals surface area (Å²) in [6, 6.07) is 9.97. The molecule has 5 rings (SSSR count). The molecule has 1 saturated carbocycles. The van der Waals surface area contributed by atoms with E-state index in [4.69, 9.17) is 23.7 Å². The topological polar surface area (TPSA) is 80.3 Å². The molecule has 3 aliphatic heterocycles. The van der Waals surface area contributed by atoms with Crippen molar-refractivity contribution in [3.05, 3.63) is 59.9 Å². The van der Waals surface area contributed by atoms with Crippen molar-refractivity contribution in [2.24, 2.45) is 23.7 Å². The molecule has 1 unspecified atom stereocenters. The fourth-order valence-electron chi connectivity index (χ4n) is 5.92. The van der Waals surface area contributed by atoms with Gasteiger partial charge in [0.25, 0.3) is 0 Å². The highest BCUT2D eigenvalue weighted by Gasteiger charge is 2.67. The molecule has 0 amide bonds. The summed E-state index contributed by atoms with van der Waals surface area (Å²) < 4.78 is 30.3. The van der Waals surface area contributed by atoms with Gasteiger partial charge in [-0.3, -0.25) is 0 Å². The molecular weight excluding hydrogens is 448 g/mol. The van der Waals surface area contributed by atoms with Crippen LogP contribution in [-0.2, 0) is 39.9 Å². The molecule has 190 valence electrons. The van der Waals surface area contributed by atoms with Gasteiger partial charge in [0.05, 0.1) is 18.6 Å². The number of methoxy groups -OCH3 is 1. The fraction of sp³-hybridized carbons (Fsp3) is 0.571. The summed E-state index contributed by atoms with van der Waals surface area (Å²) in [5.74, 6) is -0.365. The Morgan fingerprint density at radius 1 is 1.26 bits per heavy atom. The van der Waals surface area contributed by atoms with Crippen LogP contribution in [0, 0.1) is 23.7 Å². The minimum atomic E-state index is -0.978. The summed E-state index contributed by atoms with van der Waals surface area (Å²) >= 11 is 0. The van der Waals surface area contributed by atoms with Crippen molar-refractivity contribution in [3.63, 3.8) is 0 Å². The average Bonchev–Trinajstić information content (AvgIpc) is 3.14. The molecule has 7 nitrogen and oxygen atoms in total. The van der Waals surface area contributed by atoms with Crippen LogP contribution in [0.3, 0.4) is 0 Å². The average molecular weight is 485 g/mol. The van der Waals surface area contributed by atoms with Crippen LogP contribution in [0.2, 0.25) is 0 Å². The maximum Gasteiger partial charge on any atom is 0.341 e. The van der Waals surface area contributed by atoms with E-state index in [0.717, 1.165) is 11.8 Å². The second kappa shape index (κ2) is 10.6. The van der Waals surface area contributed by atoms with Crippen molar-refractivity contribution in [1.29, 1.82) is 0 Å². The van der Waals surface area contributed by atoms with Gasteiger partial charge in [0, 0.05) is 19.4 Å². The number of hydrogen-bond acceptors (Lipinski definition) is 7. The predicted molar refractivity (Wildman–Crippen MR) is 129 cm³/mol. The van der Waals surface area contributed by atoms with Gasteiger partial charge in [-0.2, -0.15) is 0 Å². The highest BCUT2D eigenvalue weighted by molar-refractivity contribution is 5.94. The zero-order valence-electron chi connectivity index (χ0n) is 21.0. The maximum atomic E-state index is 13.4. The van der Waals surface area contributed by atoms with Crippen molar-refractivity contribution < 1.29 is 33.3 Å². The van der Waals surface area contributed by atoms with Crippen LogP contribution in [0.4, 0.5) is 0 Å². The van der Waals surface area contributed by atoms with E-state index in [0.29, 0.717) is 30.8 Å². The van der Waals surface area contributed by atoms with E-state index in [2.05, 4.69) is 13.5 Å². The van der Waals surface area contributed by atoms with Crippen molar-refractivity contribution in [3.8, 4) is 0 Å². The Balaban J connectivity index is 1.68. The Kier molecular flexibility index (Phi) is 7.79. The summed E-state index contributed by atoms with van der Waals surface area (Å²) in [7, 11) is 1.53. The highest BCUT2D eigenvalue weighted by Crippen LogP contribution is 2.57. The number of ether oxygens (including phenoxy) is 5. The molecule has 0 N–H and O–H groups in total. The third-order valence-corrected chi connectivity index (χ3v) is 7.46. The van der Waals surface area contributed by atoms with E-state index in [1.807, 2.05) is 50.3 Å². The van der Waals surface area contributed by atoms with Crippen LogP contribution in [0.1, 0.15) is 39.2 Å². The fourth-order valence-corrected chi connectivity index (χ4v) is 5.92. The van der Waals surface area contributed by atoms with Crippen LogP contribution in [-0.4, -0.2) is 50.1 Å². The largest absolute Gasteiger partial charge is 0.487 e. The zero-order valence-corrected chi connectivity index (χ0v) is 21.0. The van der Waals surface area contributed by atoms with E-state index >= 15 is 0 Å². The lowest BCUT2D eigenvalue weighted by Crippen LogP contribution is -2.64. The van der Waals surface area contributed by atoms with Crippen LogP contribution < -0.4 is 0 Å². The first-order valence-electron chi connectivity index (χ1n) is 12.3. The van der Waals surface area contributed by atoms with Gasteiger partial charge < -0.3 is 28.5 Å². The molecule has 1 aliphatic carbocycles. The maximum absolute atomic E-state index is 13.4. The molecule has 2 bridgehead atoms. The Hall–Kier alpha value is -2.48. The van der Waals surface area contributed by atoms with Crippen molar-refractivity contribution in [2.75, 3.05) is 13.9 Å². The normalized spacial score (nSPS) is 31.8. The molecule has 2 saturated heterocycles. The molecule has 1 aromatic rings. The first kappa shape index (κ1) is 25.6. The molecule has 1 aromatic carbocycles. The Bertz CT molecular complexity index is 957. The Labute approximate surface area is 207 Å². The van der Waals surface area contributed by atoms with Crippen molar-refractivity contribution in [2.45, 2.75) is 64.1 Å². The number of esters is 1. The second-order valence-corrected chi connectivity index (χ2v) is 10.1. The van der Waals surface area contributed by atoms with Gasteiger partial charge in [-0.1, -0.05) is 57.2 Å². The summed E-state index contributed by atoms with van der Waals surface area (Å²) in [5.41, 5.74) is 0.472. The van der Waals surface area contributed by atoms with E-state index in [1.54, 1.807) is 0 Å². The monoisotopic (exact) mass is 484 g/mol. The third kappa shape index (κ3) is 4.69. The Morgan fingerprint density at radius 2 is 2.00 bits per heavy atom. The number of benzene rings is 1. The highest BCUT2D eigenvalue weighted by atomic mass is 16.7. The smallest absolute Gasteiger partial charge is 0.341 e. The number of rotatable bonds is 12. The lowest BCUT2D eigenvalue weighted by molar-refractivity contribution is -0.234. The molecule has 0 aromatic heterocycles. The number of hydrogen-bond donors (Lipinski definition) is 0. The van der Waals surface area contributed by atoms with Gasteiger partial charge in [0.15, 0.2) is 11.4 Å². The first-order valence-corrected chi connectivity index (χ1v) is 12.3. The first-order chi connectivity index (χ1) is 16.9. The SMILES string of the molecule is C=C[C@H]1[C@@H](OCc2ccccc2)[C@@H]2OC3=C(C(OCOC)[C@H](C)C[C@H](C)C=O)C(=O)O[C@@]31C[C@H]2C. The van der Waals surface area contributed by atoms with Crippen LogP contribution in [0.25, 0.3) is 0 Å². The third-order valence-electron chi connectivity index (χ3n) is 7.46. The van der Waals surface area contributed by atoms with Gasteiger partial charge in [-0.25, -0.2) is 4.79 Å². The minimum absolute atomic E-state index is 0.00899. The Morgan fingerprint density at radius 3 is 2.66 bits per heavy atom. The molecule has 3 heterocycles. The van der Waals surface area contributed by atoms with Crippen molar-refractivity contribution in [1.82, 2.24) is 0 Å². The number of aldehydes is 1. The van der Waals surface area contributed by atoms with Crippen LogP contribution >= 0.6 is 0 Å². The van der Waals surface area contributed by atoms with Gasteiger partial charge in [0.2, 0.25) is 0 Å². The quantitative estimate of drug-likeness (QED) is 0.190. The summed E-state index contributed by atoms with van der Waals surface area (Å²) in [4.78, 5) is 24.7. The molecule has 4 aliphatic rings. The molecular formula is C28H36O7. The number of carbonyl (C=O) groups excluding carboxylic acids is 2. The van der Waals surface area contributed by atoms with Crippen LogP contribution in [0.15, 0.2) is 54.3 Å². The summed E-state index contributed by atoms with van der Waals surface area (Å²) in [6.45, 7) is 10.4. The van der Waals surface area contributed by atoms with Gasteiger partial charge in [-0.15, -0.1) is 6.58 Å². The van der Waals surface area contributed by atoms with Gasteiger partial charge >= 0.3 is 5.97 Å². The standard InChI is InChI=1S/C28H36O7/c1-6-21-25(32-15-20-10-8-7-9-11-20)24-19(4)13-28(21)26(34-24)22(27(30)35-28)23(33-16-31-5)18(3)12-17(2)14-29/h6-11,14,17-19,21,23-25H,1,12-13,15-16H2,2-5H3/t17-,18+,19+,21-,23?,24+,25+,28+/m0/s1. The molecule has 8 atom stereocenters. The van der Waals surface area contributed by atoms with Gasteiger partial charge in [-0.05, 0) is 23.8 Å². The van der Waals surface area contributed by atoms with E-state index in [-0.39, 0.29) is 42.7 Å². The lowest BCUT2D eigenvalue weighted by Gasteiger charge is -2.55. The molecule has 1 spiro atoms. The predicted octanol–water partition coefficient (Wildman–Crippen LogP) is 4.21. The van der Waals surface area contributed by atoms with E-state index in [1.165, 1.54) is 7.11 Å². The second-order valence-electron chi connectivity index (χ2n) is 10.1. The minimum Gasteiger partial charge on any atom is -0.487 e. The van der Waals surface area contributed by atoms with Gasteiger partial charge in [0.1, 0.15) is 30.9 Å². The van der Waals surface area contributed by atoms with Crippen molar-refractivity contribution >= 4 is 12.3 Å².